The van der Waals surface area contributed by atoms with Gasteiger partial charge in [-0.05, 0) is 37.5 Å². The lowest BCUT2D eigenvalue weighted by atomic mass is 10.1. The maximum absolute atomic E-state index is 11.8. The Morgan fingerprint density at radius 3 is 2.79 bits per heavy atom. The quantitative estimate of drug-likeness (QED) is 0.712. The molecule has 0 atom stereocenters. The van der Waals surface area contributed by atoms with Gasteiger partial charge in [-0.1, -0.05) is 17.9 Å². The number of nitrogens with one attached hydrogen (secondary N) is 2. The number of aliphatic hydroxyl groups excluding tert-OH is 1. The molecule has 0 spiro atoms. The van der Waals surface area contributed by atoms with Crippen LogP contribution in [-0.4, -0.2) is 26.2 Å². The number of anilines is 1. The van der Waals surface area contributed by atoms with Gasteiger partial charge >= 0.3 is 0 Å². The van der Waals surface area contributed by atoms with Crippen LogP contribution < -0.4 is 9.44 Å². The van der Waals surface area contributed by atoms with E-state index < -0.39 is 10.2 Å². The van der Waals surface area contributed by atoms with Crippen LogP contribution in [0.1, 0.15) is 24.0 Å². The lowest BCUT2D eigenvalue weighted by Gasteiger charge is -2.10. The first-order valence-corrected chi connectivity index (χ1v) is 7.49. The Morgan fingerprint density at radius 2 is 2.16 bits per heavy atom. The minimum atomic E-state index is -3.56. The van der Waals surface area contributed by atoms with Gasteiger partial charge in [0.25, 0.3) is 10.2 Å². The van der Waals surface area contributed by atoms with E-state index in [2.05, 4.69) is 21.3 Å². The van der Waals surface area contributed by atoms with Crippen LogP contribution in [-0.2, 0) is 10.2 Å². The van der Waals surface area contributed by atoms with Gasteiger partial charge in [0.15, 0.2) is 0 Å². The summed E-state index contributed by atoms with van der Waals surface area (Å²) in [6, 6.07) is 5.30. The Kier molecular flexibility index (Phi) is 4.10. The Labute approximate surface area is 113 Å². The van der Waals surface area contributed by atoms with Crippen LogP contribution in [0.5, 0.6) is 0 Å². The molecule has 3 N–H and O–H groups in total. The predicted molar refractivity (Wildman–Crippen MR) is 73.8 cm³/mol. The second-order valence-electron chi connectivity index (χ2n) is 4.51. The molecule has 1 aromatic carbocycles. The molecule has 5 nitrogen and oxygen atoms in total. The van der Waals surface area contributed by atoms with Crippen molar-refractivity contribution in [1.29, 1.82) is 0 Å². The Bertz CT molecular complexity index is 625. The van der Waals surface area contributed by atoms with Crippen molar-refractivity contribution in [2.24, 2.45) is 0 Å². The highest BCUT2D eigenvalue weighted by molar-refractivity contribution is 7.90. The van der Waals surface area contributed by atoms with E-state index in [4.69, 9.17) is 5.11 Å². The van der Waals surface area contributed by atoms with Crippen molar-refractivity contribution in [3.05, 3.63) is 29.3 Å². The van der Waals surface area contributed by atoms with E-state index in [1.165, 1.54) is 0 Å². The fourth-order valence-corrected chi connectivity index (χ4v) is 2.78. The molecular formula is C13H16N2O3S. The van der Waals surface area contributed by atoms with Gasteiger partial charge in [-0.2, -0.15) is 13.1 Å². The van der Waals surface area contributed by atoms with Gasteiger partial charge in [0.2, 0.25) is 0 Å². The summed E-state index contributed by atoms with van der Waals surface area (Å²) in [4.78, 5) is 0. The number of benzene rings is 1. The number of aliphatic hydroxyl groups is 1. The number of hydrogen-bond acceptors (Lipinski definition) is 3. The van der Waals surface area contributed by atoms with Crippen molar-refractivity contribution in [2.75, 3.05) is 11.3 Å². The van der Waals surface area contributed by atoms with Crippen LogP contribution >= 0.6 is 0 Å². The molecule has 0 aliphatic heterocycles. The lowest BCUT2D eigenvalue weighted by molar-refractivity contribution is 0.350. The number of aryl methyl sites for hydroxylation is 1. The van der Waals surface area contributed by atoms with Crippen LogP contribution in [0.25, 0.3) is 0 Å². The van der Waals surface area contributed by atoms with Gasteiger partial charge in [-0.15, -0.1) is 0 Å². The van der Waals surface area contributed by atoms with Crippen molar-refractivity contribution in [2.45, 2.75) is 25.8 Å². The van der Waals surface area contributed by atoms with Crippen molar-refractivity contribution >= 4 is 15.9 Å². The van der Waals surface area contributed by atoms with Crippen LogP contribution in [0.15, 0.2) is 18.2 Å². The minimum absolute atomic E-state index is 0.0509. The molecular weight excluding hydrogens is 264 g/mol. The Hall–Kier alpha value is -1.55. The molecule has 19 heavy (non-hydrogen) atoms. The molecule has 1 fully saturated rings. The van der Waals surface area contributed by atoms with E-state index in [9.17, 15) is 8.42 Å². The van der Waals surface area contributed by atoms with E-state index in [-0.39, 0.29) is 12.6 Å². The summed E-state index contributed by atoms with van der Waals surface area (Å²) in [6.45, 7) is 1.63. The molecule has 2 rings (SSSR count). The first kappa shape index (κ1) is 13.9. The molecule has 6 heteroatoms. The summed E-state index contributed by atoms with van der Waals surface area (Å²) in [7, 11) is -3.56. The lowest BCUT2D eigenvalue weighted by Crippen LogP contribution is -2.32. The van der Waals surface area contributed by atoms with Gasteiger partial charge < -0.3 is 5.11 Å². The van der Waals surface area contributed by atoms with Gasteiger partial charge in [-0.25, -0.2) is 0 Å². The minimum Gasteiger partial charge on any atom is -0.384 e. The molecule has 1 aromatic rings. The van der Waals surface area contributed by atoms with E-state index in [0.717, 1.165) is 18.4 Å². The Balaban J connectivity index is 2.23. The largest absolute Gasteiger partial charge is 0.384 e. The summed E-state index contributed by atoms with van der Waals surface area (Å²) in [6.07, 6.45) is 1.76. The molecule has 1 aliphatic rings. The summed E-state index contributed by atoms with van der Waals surface area (Å²) in [5.74, 6) is 5.26. The Morgan fingerprint density at radius 1 is 1.42 bits per heavy atom. The summed E-state index contributed by atoms with van der Waals surface area (Å²) >= 11 is 0. The SMILES string of the molecule is Cc1ccc(NS(=O)(=O)NC2CC2)c(C#CCO)c1. The van der Waals surface area contributed by atoms with Crippen molar-refractivity contribution in [1.82, 2.24) is 4.72 Å². The molecule has 0 unspecified atom stereocenters. The smallest absolute Gasteiger partial charge is 0.299 e. The van der Waals surface area contributed by atoms with Crippen molar-refractivity contribution in [3.8, 4) is 11.8 Å². The molecule has 1 saturated carbocycles. The summed E-state index contributed by atoms with van der Waals surface area (Å²) in [5, 5.41) is 8.72. The fourth-order valence-electron chi connectivity index (χ4n) is 1.58. The third kappa shape index (κ3) is 4.24. The molecule has 0 aromatic heterocycles. The van der Waals surface area contributed by atoms with E-state index in [1.54, 1.807) is 18.2 Å². The molecule has 0 amide bonds. The first-order chi connectivity index (χ1) is 9.00. The second kappa shape index (κ2) is 5.61. The maximum Gasteiger partial charge on any atom is 0.299 e. The van der Waals surface area contributed by atoms with Crippen molar-refractivity contribution < 1.29 is 13.5 Å². The molecule has 0 heterocycles. The average Bonchev–Trinajstić information content (AvgIpc) is 3.12. The molecule has 0 radical (unpaired) electrons. The van der Waals surface area contributed by atoms with E-state index >= 15 is 0 Å². The molecule has 1 aliphatic carbocycles. The monoisotopic (exact) mass is 280 g/mol. The van der Waals surface area contributed by atoms with Crippen LogP contribution in [0, 0.1) is 18.8 Å². The van der Waals surface area contributed by atoms with Gasteiger partial charge in [0, 0.05) is 11.6 Å². The topological polar surface area (TPSA) is 78.4 Å². The normalized spacial score (nSPS) is 14.6. The third-order valence-corrected chi connectivity index (χ3v) is 3.75. The zero-order valence-corrected chi connectivity index (χ0v) is 11.4. The summed E-state index contributed by atoms with van der Waals surface area (Å²) < 4.78 is 28.7. The molecule has 102 valence electrons. The van der Waals surface area contributed by atoms with E-state index in [0.29, 0.717) is 11.3 Å². The average molecular weight is 280 g/mol. The van der Waals surface area contributed by atoms with Gasteiger partial charge in [0.05, 0.1) is 5.69 Å². The van der Waals surface area contributed by atoms with Gasteiger partial charge in [-0.3, -0.25) is 4.72 Å². The fraction of sp³-hybridized carbons (Fsp3) is 0.385. The zero-order chi connectivity index (χ0) is 13.9. The maximum atomic E-state index is 11.8. The third-order valence-electron chi connectivity index (χ3n) is 2.62. The summed E-state index contributed by atoms with van der Waals surface area (Å²) in [5.41, 5.74) is 1.94. The van der Waals surface area contributed by atoms with Crippen LogP contribution in [0.2, 0.25) is 0 Å². The number of rotatable bonds is 4. The van der Waals surface area contributed by atoms with Crippen LogP contribution in [0.3, 0.4) is 0 Å². The highest BCUT2D eigenvalue weighted by Gasteiger charge is 2.27. The standard InChI is InChI=1S/C13H16N2O3S/c1-10-4-7-13(11(9-10)3-2-8-16)15-19(17,18)14-12-5-6-12/h4,7,9,12,14-16H,5-6,8H2,1H3. The van der Waals surface area contributed by atoms with Crippen LogP contribution in [0.4, 0.5) is 5.69 Å². The first-order valence-electron chi connectivity index (χ1n) is 6.00. The van der Waals surface area contributed by atoms with Crippen molar-refractivity contribution in [3.63, 3.8) is 0 Å². The predicted octanol–water partition coefficient (Wildman–Crippen LogP) is 0.748. The highest BCUT2D eigenvalue weighted by Crippen LogP contribution is 2.22. The molecule has 0 bridgehead atoms. The highest BCUT2D eigenvalue weighted by atomic mass is 32.2. The second-order valence-corrected chi connectivity index (χ2v) is 5.95. The number of hydrogen-bond donors (Lipinski definition) is 3. The van der Waals surface area contributed by atoms with E-state index in [1.807, 2.05) is 6.92 Å². The van der Waals surface area contributed by atoms with Gasteiger partial charge in [0.1, 0.15) is 6.61 Å². The zero-order valence-electron chi connectivity index (χ0n) is 10.6. The molecule has 0 saturated heterocycles.